The van der Waals surface area contributed by atoms with E-state index in [1.54, 1.807) is 12.1 Å². The largest absolute Gasteiger partial charge is 0.325 e. The molecule has 1 aromatic carbocycles. The molecule has 8 heteroatoms. The van der Waals surface area contributed by atoms with Crippen molar-refractivity contribution in [3.8, 4) is 0 Å². The predicted molar refractivity (Wildman–Crippen MR) is 72.3 cm³/mol. The van der Waals surface area contributed by atoms with Crippen molar-refractivity contribution >= 4 is 22.0 Å². The summed E-state index contributed by atoms with van der Waals surface area (Å²) in [5, 5.41) is 4.36. The summed E-state index contributed by atoms with van der Waals surface area (Å²) in [6.07, 6.45) is 0. The van der Waals surface area contributed by atoms with Crippen LogP contribution in [0, 0.1) is 6.92 Å². The van der Waals surface area contributed by atoms with Gasteiger partial charge in [0.1, 0.15) is 6.04 Å². The molecule has 1 unspecified atom stereocenters. The van der Waals surface area contributed by atoms with Crippen molar-refractivity contribution in [2.75, 3.05) is 6.54 Å². The van der Waals surface area contributed by atoms with Gasteiger partial charge in [0, 0.05) is 6.54 Å². The smallest absolute Gasteiger partial charge is 0.322 e. The molecule has 1 heterocycles. The molecule has 1 saturated heterocycles. The van der Waals surface area contributed by atoms with E-state index < -0.39 is 28.0 Å². The molecule has 0 spiro atoms. The lowest BCUT2D eigenvalue weighted by atomic mass is 10.1. The highest BCUT2D eigenvalue weighted by atomic mass is 32.2. The lowest BCUT2D eigenvalue weighted by Gasteiger charge is -2.11. The first-order valence-corrected chi connectivity index (χ1v) is 7.66. The highest BCUT2D eigenvalue weighted by molar-refractivity contribution is 7.88. The van der Waals surface area contributed by atoms with Gasteiger partial charge in [-0.05, 0) is 18.1 Å². The first-order chi connectivity index (χ1) is 9.37. The molecule has 7 nitrogen and oxygen atoms in total. The fourth-order valence-corrected chi connectivity index (χ4v) is 3.10. The maximum Gasteiger partial charge on any atom is 0.322 e. The van der Waals surface area contributed by atoms with Crippen molar-refractivity contribution in [1.82, 2.24) is 15.4 Å². The number of amides is 3. The van der Waals surface area contributed by atoms with Crippen LogP contribution in [0.25, 0.3) is 0 Å². The molecule has 3 N–H and O–H groups in total. The monoisotopic (exact) mass is 297 g/mol. The first kappa shape index (κ1) is 14.5. The van der Waals surface area contributed by atoms with Crippen LogP contribution in [-0.4, -0.2) is 32.9 Å². The molecule has 2 rings (SSSR count). The Bertz CT molecular complexity index is 642. The van der Waals surface area contributed by atoms with E-state index in [0.29, 0.717) is 5.56 Å². The van der Waals surface area contributed by atoms with E-state index >= 15 is 0 Å². The molecule has 0 aromatic heterocycles. The summed E-state index contributed by atoms with van der Waals surface area (Å²) >= 11 is 0. The van der Waals surface area contributed by atoms with E-state index in [1.807, 2.05) is 24.4 Å². The zero-order valence-corrected chi connectivity index (χ0v) is 11.7. The van der Waals surface area contributed by atoms with Crippen LogP contribution in [0.2, 0.25) is 0 Å². The quantitative estimate of drug-likeness (QED) is 0.644. The summed E-state index contributed by atoms with van der Waals surface area (Å²) in [5.41, 5.74) is 1.57. The van der Waals surface area contributed by atoms with Gasteiger partial charge in [0.05, 0.1) is 5.75 Å². The number of urea groups is 1. The van der Waals surface area contributed by atoms with E-state index in [2.05, 4.69) is 10.0 Å². The third-order valence-corrected chi connectivity index (χ3v) is 4.27. The molecule has 108 valence electrons. The Morgan fingerprint density at radius 2 is 1.95 bits per heavy atom. The lowest BCUT2D eigenvalue weighted by Crippen LogP contribution is -2.41. The minimum absolute atomic E-state index is 0.161. The third kappa shape index (κ3) is 3.55. The van der Waals surface area contributed by atoms with Gasteiger partial charge in [0.15, 0.2) is 0 Å². The molecule has 0 bridgehead atoms. The summed E-state index contributed by atoms with van der Waals surface area (Å²) in [6, 6.07) is 5.68. The number of rotatable bonds is 5. The van der Waals surface area contributed by atoms with Crippen molar-refractivity contribution in [3.63, 3.8) is 0 Å². The van der Waals surface area contributed by atoms with Crippen LogP contribution in [0.4, 0.5) is 4.79 Å². The Morgan fingerprint density at radius 1 is 1.25 bits per heavy atom. The first-order valence-electron chi connectivity index (χ1n) is 6.00. The second-order valence-electron chi connectivity index (χ2n) is 4.55. The van der Waals surface area contributed by atoms with Crippen LogP contribution in [0.5, 0.6) is 0 Å². The topological polar surface area (TPSA) is 104 Å². The number of sulfonamides is 1. The maximum absolute atomic E-state index is 11.9. The van der Waals surface area contributed by atoms with Crippen LogP contribution in [0.15, 0.2) is 24.3 Å². The highest BCUT2D eigenvalue weighted by Crippen LogP contribution is 2.10. The zero-order chi connectivity index (χ0) is 14.8. The van der Waals surface area contributed by atoms with Crippen molar-refractivity contribution in [3.05, 3.63) is 35.4 Å². The Balaban J connectivity index is 1.97. The lowest BCUT2D eigenvalue weighted by molar-refractivity contribution is -0.120. The molecule has 1 atom stereocenters. The van der Waals surface area contributed by atoms with Crippen molar-refractivity contribution in [1.29, 1.82) is 0 Å². The van der Waals surface area contributed by atoms with Crippen LogP contribution in [-0.2, 0) is 20.6 Å². The number of carbonyl (C=O) groups excluding carboxylic acids is 2. The maximum atomic E-state index is 11.9. The number of aryl methyl sites for hydroxylation is 1. The Kier molecular flexibility index (Phi) is 4.05. The second-order valence-corrected chi connectivity index (χ2v) is 6.36. The highest BCUT2D eigenvalue weighted by Gasteiger charge is 2.30. The molecular formula is C12H15N3O4S. The SMILES string of the molecule is Cc1ccccc1CS(=O)(=O)NCC1NC(=O)NC1=O. The van der Waals surface area contributed by atoms with E-state index in [1.165, 1.54) is 0 Å². The van der Waals surface area contributed by atoms with E-state index in [0.717, 1.165) is 5.56 Å². The van der Waals surface area contributed by atoms with Gasteiger partial charge in [0.2, 0.25) is 10.0 Å². The van der Waals surface area contributed by atoms with Gasteiger partial charge < -0.3 is 5.32 Å². The number of imide groups is 1. The average molecular weight is 297 g/mol. The Labute approximate surface area is 116 Å². The molecule has 1 fully saturated rings. The van der Waals surface area contributed by atoms with Gasteiger partial charge in [-0.15, -0.1) is 0 Å². The fraction of sp³-hybridized carbons (Fsp3) is 0.333. The molecular weight excluding hydrogens is 282 g/mol. The average Bonchev–Trinajstić information content (AvgIpc) is 2.68. The molecule has 0 saturated carbocycles. The normalized spacial score (nSPS) is 18.8. The molecule has 1 aromatic rings. The fourth-order valence-electron chi connectivity index (χ4n) is 1.84. The number of carbonyl (C=O) groups is 2. The molecule has 0 aliphatic carbocycles. The van der Waals surface area contributed by atoms with Gasteiger partial charge in [-0.1, -0.05) is 24.3 Å². The minimum Gasteiger partial charge on any atom is -0.325 e. The zero-order valence-electron chi connectivity index (χ0n) is 10.8. The van der Waals surface area contributed by atoms with Crippen LogP contribution in [0.1, 0.15) is 11.1 Å². The predicted octanol–water partition coefficient (Wildman–Crippen LogP) is -0.378. The van der Waals surface area contributed by atoms with Gasteiger partial charge >= 0.3 is 6.03 Å². The van der Waals surface area contributed by atoms with Crippen molar-refractivity contribution in [2.45, 2.75) is 18.7 Å². The standard InChI is InChI=1S/C12H15N3O4S/c1-8-4-2-3-5-9(8)7-20(18,19)13-6-10-11(16)15-12(17)14-10/h2-5,10,13H,6-7H2,1H3,(H2,14,15,16,17). The molecule has 1 aliphatic heterocycles. The van der Waals surface area contributed by atoms with Gasteiger partial charge in [-0.2, -0.15) is 0 Å². The molecule has 1 aliphatic rings. The minimum atomic E-state index is -3.57. The van der Waals surface area contributed by atoms with Crippen LogP contribution in [0.3, 0.4) is 0 Å². The van der Waals surface area contributed by atoms with E-state index in [4.69, 9.17) is 0 Å². The summed E-state index contributed by atoms with van der Waals surface area (Å²) < 4.78 is 26.2. The summed E-state index contributed by atoms with van der Waals surface area (Å²) in [7, 11) is -3.57. The second kappa shape index (κ2) is 5.59. The molecule has 3 amide bonds. The number of nitrogens with one attached hydrogen (secondary N) is 3. The van der Waals surface area contributed by atoms with Crippen molar-refractivity contribution < 1.29 is 18.0 Å². The van der Waals surface area contributed by atoms with Gasteiger partial charge in [-0.3, -0.25) is 10.1 Å². The van der Waals surface area contributed by atoms with Crippen LogP contribution < -0.4 is 15.4 Å². The van der Waals surface area contributed by atoms with Crippen LogP contribution >= 0.6 is 0 Å². The van der Waals surface area contributed by atoms with Crippen molar-refractivity contribution in [2.24, 2.45) is 0 Å². The third-order valence-electron chi connectivity index (χ3n) is 2.97. The van der Waals surface area contributed by atoms with Gasteiger partial charge in [0.25, 0.3) is 5.91 Å². The Hall–Kier alpha value is -1.93. The Morgan fingerprint density at radius 3 is 2.55 bits per heavy atom. The van der Waals surface area contributed by atoms with Gasteiger partial charge in [-0.25, -0.2) is 17.9 Å². The number of hydrogen-bond acceptors (Lipinski definition) is 4. The summed E-state index contributed by atoms with van der Waals surface area (Å²) in [5.74, 6) is -0.698. The molecule has 20 heavy (non-hydrogen) atoms. The van der Waals surface area contributed by atoms with E-state index in [9.17, 15) is 18.0 Å². The molecule has 0 radical (unpaired) electrons. The number of benzene rings is 1. The summed E-state index contributed by atoms with van der Waals surface area (Å²) in [6.45, 7) is 1.67. The number of hydrogen-bond donors (Lipinski definition) is 3. The van der Waals surface area contributed by atoms with E-state index in [-0.39, 0.29) is 12.3 Å². The summed E-state index contributed by atoms with van der Waals surface area (Å²) in [4.78, 5) is 22.2.